The number of nitrogens with one attached hydrogen (secondary N) is 2. The fourth-order valence-electron chi connectivity index (χ4n) is 2.18. The minimum absolute atomic E-state index is 0.00420. The zero-order chi connectivity index (χ0) is 17.2. The molecule has 1 aromatic carbocycles. The molecule has 24 heavy (non-hydrogen) atoms. The third-order valence-corrected chi connectivity index (χ3v) is 5.01. The van der Waals surface area contributed by atoms with Crippen LogP contribution in [0.1, 0.15) is 12.8 Å². The summed E-state index contributed by atoms with van der Waals surface area (Å²) >= 11 is 0. The second-order valence-electron chi connectivity index (χ2n) is 5.47. The minimum atomic E-state index is -3.83. The Morgan fingerprint density at radius 3 is 2.50 bits per heavy atom. The predicted molar refractivity (Wildman–Crippen MR) is 91.2 cm³/mol. The Hall–Kier alpha value is -2.48. The monoisotopic (exact) mass is 349 g/mol. The number of aromatic nitrogens is 1. The molecule has 0 atom stereocenters. The number of ether oxygens (including phenoxy) is 2. The van der Waals surface area contributed by atoms with E-state index in [1.807, 2.05) is 0 Å². The van der Waals surface area contributed by atoms with E-state index in [2.05, 4.69) is 15.0 Å². The van der Waals surface area contributed by atoms with E-state index in [-0.39, 0.29) is 10.6 Å². The Labute approximate surface area is 141 Å². The van der Waals surface area contributed by atoms with Crippen molar-refractivity contribution in [2.75, 3.05) is 24.3 Å². The van der Waals surface area contributed by atoms with Gasteiger partial charge in [0.2, 0.25) is 0 Å². The maximum atomic E-state index is 12.6. The van der Waals surface area contributed by atoms with Crippen LogP contribution in [0.15, 0.2) is 41.4 Å². The normalized spacial score (nSPS) is 14.1. The Morgan fingerprint density at radius 1 is 1.12 bits per heavy atom. The van der Waals surface area contributed by atoms with Crippen molar-refractivity contribution < 1.29 is 17.9 Å². The number of hydrogen-bond acceptors (Lipinski definition) is 6. The Bertz CT molecular complexity index is 818. The van der Waals surface area contributed by atoms with Gasteiger partial charge < -0.3 is 14.8 Å². The summed E-state index contributed by atoms with van der Waals surface area (Å²) in [5, 5.41) is 3.25. The lowest BCUT2D eigenvalue weighted by atomic mass is 10.3. The third-order valence-electron chi connectivity index (χ3n) is 3.61. The van der Waals surface area contributed by atoms with Gasteiger partial charge in [-0.25, -0.2) is 13.4 Å². The number of sulfonamides is 1. The topological polar surface area (TPSA) is 89.5 Å². The first kappa shape index (κ1) is 16.4. The highest BCUT2D eigenvalue weighted by Crippen LogP contribution is 2.30. The molecule has 0 spiro atoms. The van der Waals surface area contributed by atoms with E-state index < -0.39 is 10.0 Å². The molecular weight excluding hydrogens is 330 g/mol. The van der Waals surface area contributed by atoms with Gasteiger partial charge in [0.1, 0.15) is 22.2 Å². The van der Waals surface area contributed by atoms with Crippen LogP contribution in [0.2, 0.25) is 0 Å². The minimum Gasteiger partial charge on any atom is -0.497 e. The van der Waals surface area contributed by atoms with Crippen molar-refractivity contribution in [2.24, 2.45) is 0 Å². The summed E-state index contributed by atoms with van der Waals surface area (Å²) in [5.74, 6) is 1.40. The molecule has 1 heterocycles. The van der Waals surface area contributed by atoms with E-state index in [1.165, 1.54) is 26.5 Å². The first-order chi connectivity index (χ1) is 11.5. The fraction of sp³-hybridized carbons (Fsp3) is 0.312. The second kappa shape index (κ2) is 6.56. The molecule has 0 bridgehead atoms. The quantitative estimate of drug-likeness (QED) is 0.798. The van der Waals surface area contributed by atoms with E-state index in [0.29, 0.717) is 17.5 Å². The lowest BCUT2D eigenvalue weighted by Gasteiger charge is -2.13. The van der Waals surface area contributed by atoms with Gasteiger partial charge in [0, 0.05) is 12.1 Å². The van der Waals surface area contributed by atoms with Crippen LogP contribution in [-0.4, -0.2) is 33.7 Å². The van der Waals surface area contributed by atoms with Crippen LogP contribution >= 0.6 is 0 Å². The SMILES string of the molecule is COc1ccc(OC)c(S(=O)(=O)Nc2ccc(NC3CC3)nc2)c1. The molecule has 0 unspecified atom stereocenters. The lowest BCUT2D eigenvalue weighted by Crippen LogP contribution is -2.14. The summed E-state index contributed by atoms with van der Waals surface area (Å²) in [6.07, 6.45) is 3.77. The van der Waals surface area contributed by atoms with E-state index in [9.17, 15) is 8.42 Å². The van der Waals surface area contributed by atoms with Crippen molar-refractivity contribution in [3.05, 3.63) is 36.5 Å². The summed E-state index contributed by atoms with van der Waals surface area (Å²) in [7, 11) is -0.937. The average Bonchev–Trinajstić information content (AvgIpc) is 3.40. The molecule has 0 radical (unpaired) electrons. The molecule has 128 valence electrons. The highest BCUT2D eigenvalue weighted by atomic mass is 32.2. The van der Waals surface area contributed by atoms with Crippen molar-refractivity contribution in [2.45, 2.75) is 23.8 Å². The van der Waals surface area contributed by atoms with Gasteiger partial charge >= 0.3 is 0 Å². The number of methoxy groups -OCH3 is 2. The van der Waals surface area contributed by atoms with Gasteiger partial charge in [-0.05, 0) is 37.1 Å². The maximum absolute atomic E-state index is 12.6. The van der Waals surface area contributed by atoms with Crippen molar-refractivity contribution in [3.63, 3.8) is 0 Å². The zero-order valence-electron chi connectivity index (χ0n) is 13.4. The predicted octanol–water partition coefficient (Wildman–Crippen LogP) is 2.47. The number of benzene rings is 1. The van der Waals surface area contributed by atoms with Gasteiger partial charge in [-0.2, -0.15) is 0 Å². The summed E-state index contributed by atoms with van der Waals surface area (Å²) in [6.45, 7) is 0. The zero-order valence-corrected chi connectivity index (χ0v) is 14.3. The molecule has 1 aliphatic rings. The first-order valence-corrected chi connectivity index (χ1v) is 8.97. The Balaban J connectivity index is 1.82. The smallest absolute Gasteiger partial charge is 0.265 e. The molecule has 1 saturated carbocycles. The molecule has 2 aromatic rings. The molecule has 1 aromatic heterocycles. The van der Waals surface area contributed by atoms with Crippen LogP contribution in [0.4, 0.5) is 11.5 Å². The van der Waals surface area contributed by atoms with Gasteiger partial charge in [0.25, 0.3) is 10.0 Å². The molecule has 0 amide bonds. The van der Waals surface area contributed by atoms with Crippen LogP contribution < -0.4 is 19.5 Å². The van der Waals surface area contributed by atoms with Gasteiger partial charge in [-0.15, -0.1) is 0 Å². The van der Waals surface area contributed by atoms with Gasteiger partial charge in [0.15, 0.2) is 0 Å². The Morgan fingerprint density at radius 2 is 1.92 bits per heavy atom. The van der Waals surface area contributed by atoms with Crippen molar-refractivity contribution in [3.8, 4) is 11.5 Å². The molecule has 1 fully saturated rings. The summed E-state index contributed by atoms with van der Waals surface area (Å²) in [6, 6.07) is 8.51. The molecule has 2 N–H and O–H groups in total. The Kier molecular flexibility index (Phi) is 4.48. The molecule has 3 rings (SSSR count). The summed E-state index contributed by atoms with van der Waals surface area (Å²) in [4.78, 5) is 4.22. The second-order valence-corrected chi connectivity index (χ2v) is 7.12. The van der Waals surface area contributed by atoms with Gasteiger partial charge in [-0.3, -0.25) is 4.72 Å². The fourth-order valence-corrected chi connectivity index (χ4v) is 3.41. The first-order valence-electron chi connectivity index (χ1n) is 7.49. The summed E-state index contributed by atoms with van der Waals surface area (Å²) in [5.41, 5.74) is 0.376. The molecule has 8 heteroatoms. The standard InChI is InChI=1S/C16H19N3O4S/c1-22-13-6-7-14(23-2)15(9-13)24(20,21)19-12-5-8-16(17-10-12)18-11-3-4-11/h5-11,19H,3-4H2,1-2H3,(H,17,18). The van der Waals surface area contributed by atoms with Crippen LogP contribution in [0.5, 0.6) is 11.5 Å². The lowest BCUT2D eigenvalue weighted by molar-refractivity contribution is 0.392. The number of hydrogen-bond donors (Lipinski definition) is 2. The van der Waals surface area contributed by atoms with Crippen LogP contribution in [0.25, 0.3) is 0 Å². The average molecular weight is 349 g/mol. The van der Waals surface area contributed by atoms with Crippen molar-refractivity contribution in [1.29, 1.82) is 0 Å². The van der Waals surface area contributed by atoms with Crippen molar-refractivity contribution >= 4 is 21.5 Å². The van der Waals surface area contributed by atoms with Crippen LogP contribution in [0, 0.1) is 0 Å². The van der Waals surface area contributed by atoms with Crippen LogP contribution in [0.3, 0.4) is 0 Å². The van der Waals surface area contributed by atoms with Gasteiger partial charge in [0.05, 0.1) is 26.1 Å². The number of anilines is 2. The number of nitrogens with zero attached hydrogens (tertiary/aromatic N) is 1. The number of pyridine rings is 1. The van der Waals surface area contributed by atoms with Crippen molar-refractivity contribution in [1.82, 2.24) is 4.98 Å². The third kappa shape index (κ3) is 3.70. The van der Waals surface area contributed by atoms with E-state index in [1.54, 1.807) is 24.3 Å². The van der Waals surface area contributed by atoms with E-state index in [0.717, 1.165) is 18.7 Å². The molecule has 7 nitrogen and oxygen atoms in total. The molecule has 1 aliphatic carbocycles. The number of rotatable bonds is 7. The van der Waals surface area contributed by atoms with Gasteiger partial charge in [-0.1, -0.05) is 0 Å². The molecule has 0 aliphatic heterocycles. The summed E-state index contributed by atoms with van der Waals surface area (Å²) < 4.78 is 38.0. The highest BCUT2D eigenvalue weighted by Gasteiger charge is 2.22. The molecule has 0 saturated heterocycles. The van der Waals surface area contributed by atoms with Crippen LogP contribution in [-0.2, 0) is 10.0 Å². The highest BCUT2D eigenvalue weighted by molar-refractivity contribution is 7.92. The van der Waals surface area contributed by atoms with E-state index >= 15 is 0 Å². The largest absolute Gasteiger partial charge is 0.497 e. The maximum Gasteiger partial charge on any atom is 0.265 e. The van der Waals surface area contributed by atoms with E-state index in [4.69, 9.17) is 9.47 Å². The molecular formula is C16H19N3O4S.